The summed E-state index contributed by atoms with van der Waals surface area (Å²) >= 11 is 0. The molecule has 0 aromatic heterocycles. The minimum Gasteiger partial charge on any atom is -0.394 e. The first-order chi connectivity index (χ1) is 42.5. The van der Waals surface area contributed by atoms with Crippen LogP contribution in [0.4, 0.5) is 0 Å². The summed E-state index contributed by atoms with van der Waals surface area (Å²) in [4.78, 5) is 50.0. The van der Waals surface area contributed by atoms with E-state index in [-0.39, 0.29) is 0 Å². The van der Waals surface area contributed by atoms with Crippen molar-refractivity contribution in [2.24, 2.45) is 0 Å². The van der Waals surface area contributed by atoms with Crippen molar-refractivity contribution in [3.8, 4) is 0 Å². The second-order valence-electron chi connectivity index (χ2n) is 22.3. The normalized spacial score (nSPS) is 43.9. The fourth-order valence-electron chi connectivity index (χ4n) is 11.1. The first-order valence-corrected chi connectivity index (χ1v) is 28.5. The highest BCUT2D eigenvalue weighted by molar-refractivity contribution is 5.74. The van der Waals surface area contributed by atoms with E-state index in [1.807, 2.05) is 0 Å². The molecule has 6 aliphatic heterocycles. The number of ether oxygens (including phenoxy) is 12. The van der Waals surface area contributed by atoms with Gasteiger partial charge in [0.25, 0.3) is 0 Å². The molecule has 24 N–H and O–H groups in total. The largest absolute Gasteiger partial charge is 0.394 e. The van der Waals surface area contributed by atoms with Crippen LogP contribution in [0.2, 0.25) is 0 Å². The van der Waals surface area contributed by atoms with Crippen LogP contribution in [-0.2, 0) is 76.0 Å². The highest BCUT2D eigenvalue weighted by atomic mass is 16.8. The van der Waals surface area contributed by atoms with Gasteiger partial charge in [0, 0.05) is 27.7 Å². The third kappa shape index (κ3) is 17.5. The Kier molecular flexibility index (Phi) is 28.4. The van der Waals surface area contributed by atoms with Crippen molar-refractivity contribution < 1.29 is 178 Å². The Bertz CT molecular complexity index is 2260. The summed E-state index contributed by atoms with van der Waals surface area (Å²) in [7, 11) is 0. The Hall–Kier alpha value is -3.40. The maximum atomic E-state index is 12.9. The van der Waals surface area contributed by atoms with Crippen molar-refractivity contribution in [3.63, 3.8) is 0 Å². The van der Waals surface area contributed by atoms with Gasteiger partial charge >= 0.3 is 0 Å². The number of hydrogen-bond donors (Lipinski definition) is 24. The molecule has 0 bridgehead atoms. The van der Waals surface area contributed by atoms with Gasteiger partial charge in [-0.15, -0.1) is 0 Å². The number of hydrogen-bond acceptors (Lipinski definition) is 36. The van der Waals surface area contributed by atoms with Crippen LogP contribution < -0.4 is 21.3 Å². The van der Waals surface area contributed by atoms with Crippen LogP contribution in [0.15, 0.2) is 0 Å². The van der Waals surface area contributed by atoms with Gasteiger partial charge in [-0.2, -0.15) is 0 Å². The van der Waals surface area contributed by atoms with E-state index in [9.17, 15) is 121 Å². The van der Waals surface area contributed by atoms with Crippen molar-refractivity contribution in [2.45, 2.75) is 236 Å². The number of aliphatic hydroxyl groups excluding tert-OH is 20. The molecule has 6 aliphatic rings. The van der Waals surface area contributed by atoms with Gasteiger partial charge in [-0.1, -0.05) is 0 Å². The van der Waals surface area contributed by atoms with Crippen LogP contribution in [0.3, 0.4) is 0 Å². The molecule has 0 saturated carbocycles. The molecule has 6 saturated heterocycles. The van der Waals surface area contributed by atoms with Crippen molar-refractivity contribution in [1.29, 1.82) is 0 Å². The van der Waals surface area contributed by atoms with Crippen LogP contribution in [0.5, 0.6) is 0 Å². The second kappa shape index (κ2) is 33.8. The number of aliphatic hydroxyl groups is 20. The summed E-state index contributed by atoms with van der Waals surface area (Å²) in [5.41, 5.74) is 0. The number of carbonyl (C=O) groups is 4. The van der Waals surface area contributed by atoms with Gasteiger partial charge in [0.05, 0.1) is 58.9 Å². The lowest BCUT2D eigenvalue weighted by molar-refractivity contribution is -0.386. The topological polar surface area (TPSA) is 632 Å². The first kappa shape index (κ1) is 75.6. The SMILES string of the molecule is CC(=O)N[C@H]1[C@H](O[C@H]2[C@@H](O)[C@@H](CO[C@@H]3O[C@H](CO)[C@@H](O)[C@H](O)[C@H]3NC(C)=O)O[C@@H](O[C@H]3[C@H](O)[C@@H](NC(C)=O)[C@H](O[C@H]4[C@@H](O)[C@@H](CO)O[C@@H](O[C@@H]([C@@H](O)[C@H](O)CO)[C@H](CO)NC(C)=O)[C@@H]4O)O[C@@H]3CO)[C@@H]2O)O[C@H](CO)[C@@H](O[C@@H]2O[C@H](CO)[C@H](O)[C@H](O)[C@H]2O)[C@@H]1O. The molecule has 0 aliphatic carbocycles. The highest BCUT2D eigenvalue weighted by Crippen LogP contribution is 2.37. The summed E-state index contributed by atoms with van der Waals surface area (Å²) in [6, 6.07) is -7.00. The van der Waals surface area contributed by atoms with Gasteiger partial charge in [0.1, 0.15) is 165 Å². The smallest absolute Gasteiger partial charge is 0.217 e. The van der Waals surface area contributed by atoms with E-state index in [2.05, 4.69) is 21.3 Å². The standard InChI is InChI=1S/C50H86N4O36/c1-13(62)51-17(5-55)40(28(67)18(66)6-56)86-49-38(77)43(31(70)21(9-59)82-49)89-46-27(54-16(4)65)35(74)42(23(11-61)84-46)88-50-39(78)44(32(71)24(85-50)12-79-45-25(52-14(2)63)33(72)29(68)19(7-57)80-45)90-47-26(53-15(3)64)34(73)41(22(10-60)83-47)87-48-37(76)36(75)30(69)20(8-58)81-48/h17-50,55-61,66-78H,5-12H2,1-4H3,(H,51,62)(H,52,63)(H,53,64)(H,54,65)/t17-,18+,19+,20+,21+,22+,23+,24+,25+,26+,27+,28-,29+,30-,31-,32-,33+,34+,35+,36-,37+,38+,39+,40+,41+,42+,43-,44-,45+,46-,47-,48-,49-,50-/m0/s1. The lowest BCUT2D eigenvalue weighted by Crippen LogP contribution is -2.71. The predicted octanol–water partition coefficient (Wildman–Crippen LogP) is -16.1. The molecule has 6 rings (SSSR count). The van der Waals surface area contributed by atoms with Crippen molar-refractivity contribution in [2.75, 3.05) is 52.9 Å². The van der Waals surface area contributed by atoms with Gasteiger partial charge in [-0.3, -0.25) is 19.2 Å². The molecule has 4 amide bonds. The minimum atomic E-state index is -2.39. The number of rotatable bonds is 27. The Morgan fingerprint density at radius 2 is 0.744 bits per heavy atom. The lowest BCUT2D eigenvalue weighted by atomic mass is 9.93. The van der Waals surface area contributed by atoms with E-state index in [1.54, 1.807) is 0 Å². The van der Waals surface area contributed by atoms with Gasteiger partial charge in [-0.05, 0) is 0 Å². The fourth-order valence-corrected chi connectivity index (χ4v) is 11.1. The van der Waals surface area contributed by atoms with Crippen LogP contribution in [0, 0.1) is 0 Å². The van der Waals surface area contributed by atoms with Gasteiger partial charge < -0.3 is 180 Å². The molecule has 6 heterocycles. The molecule has 6 fully saturated rings. The van der Waals surface area contributed by atoms with E-state index in [0.717, 1.165) is 27.7 Å². The molecule has 34 atom stereocenters. The summed E-state index contributed by atoms with van der Waals surface area (Å²) in [5, 5.41) is 227. The number of nitrogens with one attached hydrogen (secondary N) is 4. The zero-order valence-electron chi connectivity index (χ0n) is 48.8. The molecule has 0 unspecified atom stereocenters. The Labute approximate surface area is 511 Å². The quantitative estimate of drug-likeness (QED) is 0.0363. The molecular weight excluding hydrogens is 1230 g/mol. The second-order valence-corrected chi connectivity index (χ2v) is 22.3. The average Bonchev–Trinajstić information content (AvgIpc) is 1.53. The highest BCUT2D eigenvalue weighted by Gasteiger charge is 2.58. The molecule has 0 aromatic rings. The molecule has 90 heavy (non-hydrogen) atoms. The van der Waals surface area contributed by atoms with E-state index in [0.29, 0.717) is 0 Å². The van der Waals surface area contributed by atoms with Crippen LogP contribution in [0.1, 0.15) is 27.7 Å². The van der Waals surface area contributed by atoms with Gasteiger partial charge in [0.15, 0.2) is 37.7 Å². The molecule has 0 spiro atoms. The van der Waals surface area contributed by atoms with E-state index >= 15 is 0 Å². The van der Waals surface area contributed by atoms with Gasteiger partial charge in [-0.25, -0.2) is 0 Å². The number of carbonyl (C=O) groups excluding carboxylic acids is 4. The minimum absolute atomic E-state index is 0.780. The maximum absolute atomic E-state index is 12.9. The monoisotopic (exact) mass is 1320 g/mol. The third-order valence-corrected chi connectivity index (χ3v) is 15.8. The third-order valence-electron chi connectivity index (χ3n) is 15.8. The van der Waals surface area contributed by atoms with Crippen molar-refractivity contribution in [1.82, 2.24) is 21.3 Å². The van der Waals surface area contributed by atoms with Gasteiger partial charge in [0.2, 0.25) is 23.6 Å². The van der Waals surface area contributed by atoms with E-state index in [1.165, 1.54) is 0 Å². The average molecular weight is 1320 g/mol. The van der Waals surface area contributed by atoms with Crippen LogP contribution >= 0.6 is 0 Å². The molecule has 40 nitrogen and oxygen atoms in total. The van der Waals surface area contributed by atoms with E-state index in [4.69, 9.17) is 56.8 Å². The zero-order chi connectivity index (χ0) is 66.9. The summed E-state index contributed by atoms with van der Waals surface area (Å²) in [6.07, 6.45) is -60.1. The van der Waals surface area contributed by atoms with Crippen molar-refractivity contribution in [3.05, 3.63) is 0 Å². The maximum Gasteiger partial charge on any atom is 0.217 e. The molecular formula is C50H86N4O36. The lowest BCUT2D eigenvalue weighted by Gasteiger charge is -2.51. The fraction of sp³-hybridized carbons (Fsp3) is 0.920. The Morgan fingerprint density at radius 3 is 1.18 bits per heavy atom. The summed E-state index contributed by atoms with van der Waals surface area (Å²) in [6.45, 7) is -4.24. The van der Waals surface area contributed by atoms with E-state index < -0.39 is 285 Å². The Morgan fingerprint density at radius 1 is 0.378 bits per heavy atom. The van der Waals surface area contributed by atoms with Crippen LogP contribution in [-0.4, -0.2) is 387 Å². The molecule has 0 radical (unpaired) electrons. The van der Waals surface area contributed by atoms with Crippen LogP contribution in [0.25, 0.3) is 0 Å². The first-order valence-electron chi connectivity index (χ1n) is 28.5. The van der Waals surface area contributed by atoms with Crippen molar-refractivity contribution >= 4 is 23.6 Å². The zero-order valence-corrected chi connectivity index (χ0v) is 48.8. The molecule has 0 aromatic carbocycles. The summed E-state index contributed by atoms with van der Waals surface area (Å²) < 4.78 is 70.2. The summed E-state index contributed by atoms with van der Waals surface area (Å²) in [5.74, 6) is -3.42. The number of amides is 4. The Balaban J connectivity index is 1.33. The predicted molar refractivity (Wildman–Crippen MR) is 280 cm³/mol. The molecule has 40 heteroatoms. The molecule has 522 valence electrons.